The van der Waals surface area contributed by atoms with E-state index in [4.69, 9.17) is 6.42 Å². The third-order valence-electron chi connectivity index (χ3n) is 4.17. The fourth-order valence-corrected chi connectivity index (χ4v) is 2.64. The second kappa shape index (κ2) is 17.6. The summed E-state index contributed by atoms with van der Waals surface area (Å²) in [5.41, 5.74) is 0. The lowest BCUT2D eigenvalue weighted by molar-refractivity contribution is -0.124. The lowest BCUT2D eigenvalue weighted by Crippen LogP contribution is -2.42. The molecule has 1 heterocycles. The van der Waals surface area contributed by atoms with Gasteiger partial charge in [0.15, 0.2) is 11.6 Å². The molecule has 2 N–H and O–H groups in total. The average Bonchev–Trinajstić information content (AvgIpc) is 3.15. The first kappa shape index (κ1) is 31.1. The maximum atomic E-state index is 11.6. The Morgan fingerprint density at radius 2 is 1.39 bits per heavy atom. The van der Waals surface area contributed by atoms with E-state index >= 15 is 0 Å². The van der Waals surface area contributed by atoms with Gasteiger partial charge in [-0.25, -0.2) is 0 Å². The van der Waals surface area contributed by atoms with Gasteiger partial charge in [-0.15, -0.1) is 17.4 Å². The van der Waals surface area contributed by atoms with E-state index in [0.29, 0.717) is 24.3 Å². The van der Waals surface area contributed by atoms with Crippen LogP contribution >= 0.6 is 0 Å². The molecule has 2 unspecified atom stereocenters. The van der Waals surface area contributed by atoms with E-state index in [1.165, 1.54) is 0 Å². The maximum absolute atomic E-state index is 11.6. The smallest absolute Gasteiger partial charge is 0.153 e. The molecule has 7 heteroatoms. The van der Waals surface area contributed by atoms with E-state index in [9.17, 15) is 9.59 Å². The van der Waals surface area contributed by atoms with Gasteiger partial charge in [-0.1, -0.05) is 67.5 Å². The molecule has 0 aliphatic carbocycles. The first-order valence-electron chi connectivity index (χ1n) is 11.2. The van der Waals surface area contributed by atoms with Gasteiger partial charge < -0.3 is 10.6 Å². The van der Waals surface area contributed by atoms with Gasteiger partial charge >= 0.3 is 0 Å². The van der Waals surface area contributed by atoms with Gasteiger partial charge in [0, 0.05) is 43.6 Å². The van der Waals surface area contributed by atoms with Crippen LogP contribution in [0.25, 0.3) is 0 Å². The number of aromatic nitrogens is 3. The second-order valence-electron chi connectivity index (χ2n) is 8.76. The number of ketones is 2. The van der Waals surface area contributed by atoms with Gasteiger partial charge in [-0.2, -0.15) is 0 Å². The van der Waals surface area contributed by atoms with Crippen molar-refractivity contribution in [3.63, 3.8) is 0 Å². The number of terminal acetylenes is 1. The first-order chi connectivity index (χ1) is 14.4. The number of hydrogen-bond donors (Lipinski definition) is 2. The average molecular weight is 436 g/mol. The molecule has 7 nitrogen and oxygen atoms in total. The van der Waals surface area contributed by atoms with Crippen LogP contribution in [0.15, 0.2) is 12.4 Å². The highest BCUT2D eigenvalue weighted by Gasteiger charge is 2.20. The summed E-state index contributed by atoms with van der Waals surface area (Å²) in [5.74, 6) is 3.24. The summed E-state index contributed by atoms with van der Waals surface area (Å²) < 4.78 is 1.64. The molecule has 0 amide bonds. The highest BCUT2D eigenvalue weighted by atomic mass is 16.1. The summed E-state index contributed by atoms with van der Waals surface area (Å²) in [6.07, 6.45) is 9.98. The molecule has 1 rings (SSSR count). The molecule has 0 radical (unpaired) electrons. The molecule has 178 valence electrons. The fourth-order valence-electron chi connectivity index (χ4n) is 2.64. The molecule has 0 aliphatic heterocycles. The zero-order valence-corrected chi connectivity index (χ0v) is 21.3. The Bertz CT molecular complexity index is 631. The Balaban J connectivity index is 0. The van der Waals surface area contributed by atoms with Crippen LogP contribution in [0.3, 0.4) is 0 Å². The first-order valence-corrected chi connectivity index (χ1v) is 11.2. The Morgan fingerprint density at radius 1 is 0.935 bits per heavy atom. The van der Waals surface area contributed by atoms with E-state index in [1.807, 2.05) is 55.5 Å². The quantitative estimate of drug-likeness (QED) is 0.548. The van der Waals surface area contributed by atoms with E-state index in [0.717, 1.165) is 6.42 Å². The normalized spacial score (nSPS) is 12.5. The summed E-state index contributed by atoms with van der Waals surface area (Å²) in [6.45, 7) is 17.9. The minimum Gasteiger partial charge on any atom is -0.305 e. The van der Waals surface area contributed by atoms with Crippen LogP contribution < -0.4 is 10.6 Å². The van der Waals surface area contributed by atoms with Crippen molar-refractivity contribution >= 4 is 11.6 Å². The molecule has 0 saturated heterocycles. The molecule has 2 atom stereocenters. The molecule has 1 aromatic heterocycles. The number of rotatable bonds is 10. The minimum absolute atomic E-state index is 0.0459. The van der Waals surface area contributed by atoms with Crippen molar-refractivity contribution in [2.24, 2.45) is 18.9 Å². The van der Waals surface area contributed by atoms with Crippen molar-refractivity contribution < 1.29 is 9.59 Å². The summed E-state index contributed by atoms with van der Waals surface area (Å²) in [7, 11) is 1.83. The summed E-state index contributed by atoms with van der Waals surface area (Å²) in [4.78, 5) is 23.2. The van der Waals surface area contributed by atoms with Crippen LogP contribution in [-0.4, -0.2) is 50.7 Å². The molecular weight excluding hydrogens is 390 g/mol. The van der Waals surface area contributed by atoms with Crippen molar-refractivity contribution in [2.45, 2.75) is 99.3 Å². The summed E-state index contributed by atoms with van der Waals surface area (Å²) >= 11 is 0. The number of Topliss-reactive ketones (excluding diaryl/α,β-unsaturated/α-hetero) is 2. The predicted octanol–water partition coefficient (Wildman–Crippen LogP) is 3.40. The van der Waals surface area contributed by atoms with Crippen molar-refractivity contribution in [2.75, 3.05) is 0 Å². The van der Waals surface area contributed by atoms with Crippen molar-refractivity contribution in [1.29, 1.82) is 0 Å². The lowest BCUT2D eigenvalue weighted by Gasteiger charge is -2.20. The van der Waals surface area contributed by atoms with Crippen molar-refractivity contribution in [3.05, 3.63) is 12.4 Å². The SMILES string of the molecule is C#CCC(NC(C)C)C(=O)C(C)C.CCC(NC(C)C)C(=O)C(C)C.Cn1ccnn1. The van der Waals surface area contributed by atoms with Crippen molar-refractivity contribution in [3.8, 4) is 12.3 Å². The summed E-state index contributed by atoms with van der Waals surface area (Å²) in [5, 5.41) is 13.5. The van der Waals surface area contributed by atoms with Crippen LogP contribution in [-0.2, 0) is 16.6 Å². The number of nitrogens with one attached hydrogen (secondary N) is 2. The van der Waals surface area contributed by atoms with Gasteiger partial charge in [-0.05, 0) is 6.42 Å². The number of carbonyl (C=O) groups excluding carboxylic acids is 2. The molecule has 0 bridgehead atoms. The van der Waals surface area contributed by atoms with Crippen molar-refractivity contribution in [1.82, 2.24) is 25.6 Å². The zero-order valence-electron chi connectivity index (χ0n) is 21.3. The molecule has 0 aliphatic rings. The number of hydrogen-bond acceptors (Lipinski definition) is 6. The van der Waals surface area contributed by atoms with Crippen LogP contribution in [0, 0.1) is 24.2 Å². The minimum atomic E-state index is -0.176. The van der Waals surface area contributed by atoms with E-state index in [1.54, 1.807) is 17.1 Å². The van der Waals surface area contributed by atoms with E-state index in [-0.39, 0.29) is 29.7 Å². The van der Waals surface area contributed by atoms with Crippen LogP contribution in [0.2, 0.25) is 0 Å². The monoisotopic (exact) mass is 435 g/mol. The Morgan fingerprint density at radius 3 is 1.65 bits per heavy atom. The Kier molecular flexibility index (Phi) is 17.7. The van der Waals surface area contributed by atoms with Gasteiger partial charge in [0.2, 0.25) is 0 Å². The van der Waals surface area contributed by atoms with E-state index < -0.39 is 0 Å². The van der Waals surface area contributed by atoms with Gasteiger partial charge in [0.1, 0.15) is 0 Å². The molecule has 0 spiro atoms. The van der Waals surface area contributed by atoms with Gasteiger partial charge in [0.05, 0.1) is 18.3 Å². The molecule has 0 fully saturated rings. The largest absolute Gasteiger partial charge is 0.305 e. The number of nitrogens with zero attached hydrogens (tertiary/aromatic N) is 3. The highest BCUT2D eigenvalue weighted by Crippen LogP contribution is 2.04. The molecule has 0 aromatic carbocycles. The lowest BCUT2D eigenvalue weighted by atomic mass is 9.99. The standard InChI is InChI=1S/C11H19NO.C10H21NO.C3H5N3/c1-6-7-10(12-9(4)5)11(13)8(2)3;1-6-9(11-8(4)5)10(12)7(2)3;1-6-3-2-4-5-6/h1,8-10,12H,7H2,2-5H3;7-9,11H,6H2,1-5H3;2-3H,1H3. The Labute approximate surface area is 190 Å². The molecular formula is C24H45N5O2. The second-order valence-corrected chi connectivity index (χ2v) is 8.76. The number of aryl methyl sites for hydroxylation is 1. The topological polar surface area (TPSA) is 88.9 Å². The highest BCUT2D eigenvalue weighted by molar-refractivity contribution is 5.86. The number of carbonyl (C=O) groups is 2. The third-order valence-corrected chi connectivity index (χ3v) is 4.17. The zero-order chi connectivity index (χ0) is 24.6. The fraction of sp³-hybridized carbons (Fsp3) is 0.750. The van der Waals surface area contributed by atoms with Crippen LogP contribution in [0.1, 0.15) is 75.2 Å². The van der Waals surface area contributed by atoms with Gasteiger partial charge in [-0.3, -0.25) is 14.3 Å². The summed E-state index contributed by atoms with van der Waals surface area (Å²) in [6, 6.07) is 0.550. The van der Waals surface area contributed by atoms with Crippen LogP contribution in [0.5, 0.6) is 0 Å². The van der Waals surface area contributed by atoms with Gasteiger partial charge in [0.25, 0.3) is 0 Å². The predicted molar refractivity (Wildman–Crippen MR) is 129 cm³/mol. The maximum Gasteiger partial charge on any atom is 0.153 e. The van der Waals surface area contributed by atoms with Crippen LogP contribution in [0.4, 0.5) is 0 Å². The third kappa shape index (κ3) is 16.3. The Hall–Kier alpha value is -2.04. The molecule has 0 saturated carbocycles. The van der Waals surface area contributed by atoms with E-state index in [2.05, 4.69) is 40.7 Å². The molecule has 31 heavy (non-hydrogen) atoms. The molecule has 1 aromatic rings.